The van der Waals surface area contributed by atoms with Crippen molar-refractivity contribution in [1.29, 1.82) is 0 Å². The summed E-state index contributed by atoms with van der Waals surface area (Å²) in [6, 6.07) is 13.3. The molecule has 2 aromatic carbocycles. The number of nitrogens with zero attached hydrogens (tertiary/aromatic N) is 5. The van der Waals surface area contributed by atoms with Gasteiger partial charge < -0.3 is 5.73 Å². The van der Waals surface area contributed by atoms with Gasteiger partial charge in [-0.1, -0.05) is 22.9 Å². The number of fused-ring (bicyclic) bond motifs is 2. The fraction of sp³-hybridized carbons (Fsp3) is 0.0909. The fourth-order valence-corrected chi connectivity index (χ4v) is 3.87. The lowest BCUT2D eigenvalue weighted by molar-refractivity contribution is -0.141. The number of aromatic nitrogens is 5. The third kappa shape index (κ3) is 3.39. The first-order chi connectivity index (χ1) is 15.6. The Bertz CT molecular complexity index is 1610. The molecule has 33 heavy (non-hydrogen) atoms. The molecule has 0 aliphatic carbocycles. The topological polar surface area (TPSA) is 91.6 Å². The van der Waals surface area contributed by atoms with Crippen molar-refractivity contribution in [2.75, 3.05) is 5.73 Å². The molecule has 2 N–H and O–H groups in total. The van der Waals surface area contributed by atoms with Crippen molar-refractivity contribution < 1.29 is 13.2 Å². The molecule has 0 bridgehead atoms. The molecule has 5 rings (SSSR count). The van der Waals surface area contributed by atoms with Gasteiger partial charge in [0.1, 0.15) is 16.9 Å². The maximum absolute atomic E-state index is 13.7. The number of rotatable bonds is 2. The monoisotopic (exact) mass is 470 g/mol. The molecule has 3 aromatic heterocycles. The maximum atomic E-state index is 13.7. The number of aryl methyl sites for hydroxylation is 1. The summed E-state index contributed by atoms with van der Waals surface area (Å²) in [5, 5.41) is 8.59. The number of benzene rings is 2. The predicted octanol–water partition coefficient (Wildman–Crippen LogP) is 4.59. The van der Waals surface area contributed by atoms with E-state index >= 15 is 0 Å². The molecule has 0 saturated heterocycles. The predicted molar refractivity (Wildman–Crippen MR) is 119 cm³/mol. The van der Waals surface area contributed by atoms with Crippen molar-refractivity contribution >= 4 is 39.4 Å². The van der Waals surface area contributed by atoms with Crippen LogP contribution in [0.4, 0.5) is 18.9 Å². The van der Waals surface area contributed by atoms with Crippen LogP contribution in [0.5, 0.6) is 0 Å². The van der Waals surface area contributed by atoms with Crippen LogP contribution in [-0.4, -0.2) is 24.5 Å². The Balaban J connectivity index is 1.90. The van der Waals surface area contributed by atoms with Crippen LogP contribution in [0.3, 0.4) is 0 Å². The summed E-state index contributed by atoms with van der Waals surface area (Å²) < 4.78 is 42.8. The zero-order valence-electron chi connectivity index (χ0n) is 16.9. The van der Waals surface area contributed by atoms with E-state index in [9.17, 15) is 18.0 Å². The van der Waals surface area contributed by atoms with Crippen LogP contribution in [0.2, 0.25) is 5.02 Å². The molecule has 0 spiro atoms. The Hall–Kier alpha value is -3.92. The highest BCUT2D eigenvalue weighted by molar-refractivity contribution is 6.30. The van der Waals surface area contributed by atoms with Crippen LogP contribution in [0, 0.1) is 0 Å². The van der Waals surface area contributed by atoms with E-state index in [1.54, 1.807) is 29.9 Å². The third-order valence-electron chi connectivity index (χ3n) is 5.34. The highest BCUT2D eigenvalue weighted by atomic mass is 35.5. The molecule has 0 unspecified atom stereocenters. The van der Waals surface area contributed by atoms with Crippen molar-refractivity contribution in [2.24, 2.45) is 7.05 Å². The lowest BCUT2D eigenvalue weighted by Gasteiger charge is -2.17. The van der Waals surface area contributed by atoms with E-state index < -0.39 is 17.4 Å². The van der Waals surface area contributed by atoms with Gasteiger partial charge in [0.2, 0.25) is 0 Å². The average Bonchev–Trinajstić information content (AvgIpc) is 3.14. The number of hydrogen-bond donors (Lipinski definition) is 1. The highest BCUT2D eigenvalue weighted by Crippen LogP contribution is 2.34. The molecular formula is C22H14ClF3N6O. The first kappa shape index (κ1) is 21.0. The maximum Gasteiger partial charge on any atom is 0.433 e. The molecule has 0 fully saturated rings. The lowest BCUT2D eigenvalue weighted by Crippen LogP contribution is -2.24. The van der Waals surface area contributed by atoms with Gasteiger partial charge >= 0.3 is 6.18 Å². The first-order valence-electron chi connectivity index (χ1n) is 9.63. The van der Waals surface area contributed by atoms with Gasteiger partial charge in [0, 0.05) is 17.5 Å². The van der Waals surface area contributed by atoms with Gasteiger partial charge in [0.05, 0.1) is 22.5 Å². The van der Waals surface area contributed by atoms with Crippen molar-refractivity contribution in [2.45, 2.75) is 6.18 Å². The molecule has 11 heteroatoms. The Morgan fingerprint density at radius 2 is 1.76 bits per heavy atom. The second kappa shape index (κ2) is 7.31. The first-order valence-corrected chi connectivity index (χ1v) is 10.0. The molecule has 3 heterocycles. The fourth-order valence-electron chi connectivity index (χ4n) is 3.74. The number of pyridine rings is 2. The number of nitrogens with two attached hydrogens (primary N) is 1. The molecule has 0 aliphatic heterocycles. The number of alkyl halides is 3. The lowest BCUT2D eigenvalue weighted by atomic mass is 10.0. The number of halogens is 4. The molecule has 0 radical (unpaired) electrons. The van der Waals surface area contributed by atoms with Gasteiger partial charge in [-0.3, -0.25) is 9.36 Å². The number of nitrogen functional groups attached to an aromatic ring is 1. The zero-order chi connectivity index (χ0) is 23.5. The largest absolute Gasteiger partial charge is 0.433 e. The molecule has 0 saturated carbocycles. The van der Waals surface area contributed by atoms with E-state index in [-0.39, 0.29) is 22.3 Å². The highest BCUT2D eigenvalue weighted by Gasteiger charge is 2.33. The standard InChI is InChI=1S/C22H14ClF3N6O/c1-31-16-10-11(2-8-15(16)29-30-31)18-19(27)14-7-9-17(22(24,25)26)28-20(14)32(21(18)33)13-5-3-12(23)4-6-13/h2-10H,27H2,1H3. The molecular weight excluding hydrogens is 457 g/mol. The van der Waals surface area contributed by atoms with E-state index in [2.05, 4.69) is 15.3 Å². The van der Waals surface area contributed by atoms with E-state index in [4.69, 9.17) is 17.3 Å². The smallest absolute Gasteiger partial charge is 0.397 e. The Morgan fingerprint density at radius 1 is 1.03 bits per heavy atom. The average molecular weight is 471 g/mol. The second-order valence-electron chi connectivity index (χ2n) is 7.39. The van der Waals surface area contributed by atoms with E-state index in [1.165, 1.54) is 30.3 Å². The third-order valence-corrected chi connectivity index (χ3v) is 5.59. The van der Waals surface area contributed by atoms with Crippen molar-refractivity contribution in [3.8, 4) is 16.8 Å². The molecule has 166 valence electrons. The summed E-state index contributed by atoms with van der Waals surface area (Å²) >= 11 is 5.97. The van der Waals surface area contributed by atoms with Gasteiger partial charge in [-0.15, -0.1) is 5.10 Å². The zero-order valence-corrected chi connectivity index (χ0v) is 17.7. The van der Waals surface area contributed by atoms with Crippen LogP contribution in [0.25, 0.3) is 38.9 Å². The normalized spacial score (nSPS) is 12.0. The van der Waals surface area contributed by atoms with Crippen LogP contribution in [-0.2, 0) is 13.2 Å². The number of hydrogen-bond acceptors (Lipinski definition) is 5. The summed E-state index contributed by atoms with van der Waals surface area (Å²) in [4.78, 5) is 17.5. The minimum atomic E-state index is -4.69. The second-order valence-corrected chi connectivity index (χ2v) is 7.82. The Kier molecular flexibility index (Phi) is 4.64. The molecule has 0 aliphatic rings. The van der Waals surface area contributed by atoms with Gasteiger partial charge in [-0.2, -0.15) is 13.2 Å². The quantitative estimate of drug-likeness (QED) is 0.407. The number of anilines is 1. The van der Waals surface area contributed by atoms with E-state index in [0.29, 0.717) is 27.3 Å². The van der Waals surface area contributed by atoms with Crippen LogP contribution < -0.4 is 11.3 Å². The summed E-state index contributed by atoms with van der Waals surface area (Å²) in [5.41, 5.74) is 6.59. The van der Waals surface area contributed by atoms with Gasteiger partial charge in [-0.05, 0) is 54.1 Å². The van der Waals surface area contributed by atoms with Crippen molar-refractivity contribution in [1.82, 2.24) is 24.5 Å². The summed E-state index contributed by atoms with van der Waals surface area (Å²) in [6.45, 7) is 0. The van der Waals surface area contributed by atoms with Crippen molar-refractivity contribution in [3.05, 3.63) is 75.7 Å². The minimum absolute atomic E-state index is 0.0240. The van der Waals surface area contributed by atoms with Crippen LogP contribution >= 0.6 is 11.6 Å². The van der Waals surface area contributed by atoms with Crippen LogP contribution in [0.15, 0.2) is 59.4 Å². The van der Waals surface area contributed by atoms with Gasteiger partial charge in [0.15, 0.2) is 0 Å². The molecule has 0 atom stereocenters. The van der Waals surface area contributed by atoms with E-state index in [1.807, 2.05) is 0 Å². The van der Waals surface area contributed by atoms with Crippen molar-refractivity contribution in [3.63, 3.8) is 0 Å². The summed E-state index contributed by atoms with van der Waals surface area (Å²) in [7, 11) is 1.71. The molecule has 5 aromatic rings. The Labute approximate surface area is 188 Å². The SMILES string of the molecule is Cn1nnc2ccc(-c3c(N)c4ccc(C(F)(F)F)nc4n(-c4ccc(Cl)cc4)c3=O)cc21. The van der Waals surface area contributed by atoms with Crippen LogP contribution in [0.1, 0.15) is 5.69 Å². The molecule has 7 nitrogen and oxygen atoms in total. The van der Waals surface area contributed by atoms with E-state index in [0.717, 1.165) is 10.6 Å². The summed E-state index contributed by atoms with van der Waals surface area (Å²) in [6.07, 6.45) is -4.69. The minimum Gasteiger partial charge on any atom is -0.397 e. The summed E-state index contributed by atoms with van der Waals surface area (Å²) in [5.74, 6) is 0. The molecule has 0 amide bonds. The Morgan fingerprint density at radius 3 is 2.45 bits per heavy atom. The van der Waals surface area contributed by atoms with Gasteiger partial charge in [-0.25, -0.2) is 9.67 Å². The van der Waals surface area contributed by atoms with Gasteiger partial charge in [0.25, 0.3) is 5.56 Å².